The Labute approximate surface area is 157 Å². The van der Waals surface area contributed by atoms with E-state index in [-0.39, 0.29) is 23.1 Å². The van der Waals surface area contributed by atoms with Gasteiger partial charge in [-0.15, -0.1) is 0 Å². The third-order valence-electron chi connectivity index (χ3n) is 3.67. The Morgan fingerprint density at radius 1 is 1.27 bits per heavy atom. The minimum Gasteiger partial charge on any atom is -0.503 e. The molecule has 1 amide bonds. The SMILES string of the molecule is CCOc1cc(/C=N/NC(=O)COc2cccc(C)c2C)cc(Cl)c1O. The number of hydrogen-bond acceptors (Lipinski definition) is 5. The van der Waals surface area contributed by atoms with Crippen molar-refractivity contribution in [3.05, 3.63) is 52.0 Å². The lowest BCUT2D eigenvalue weighted by atomic mass is 10.1. The third kappa shape index (κ3) is 5.13. The highest BCUT2D eigenvalue weighted by molar-refractivity contribution is 6.32. The summed E-state index contributed by atoms with van der Waals surface area (Å²) in [5.41, 5.74) is 5.04. The molecule has 2 rings (SSSR count). The van der Waals surface area contributed by atoms with E-state index < -0.39 is 5.91 Å². The number of phenolic OH excluding ortho intramolecular Hbond substituents is 1. The largest absolute Gasteiger partial charge is 0.503 e. The van der Waals surface area contributed by atoms with Gasteiger partial charge in [0.15, 0.2) is 18.1 Å². The number of hydrazone groups is 1. The minimum atomic E-state index is -0.392. The fourth-order valence-electron chi connectivity index (χ4n) is 2.17. The highest BCUT2D eigenvalue weighted by Crippen LogP contribution is 2.34. The van der Waals surface area contributed by atoms with Crippen LogP contribution in [0, 0.1) is 13.8 Å². The normalized spacial score (nSPS) is 10.8. The number of aromatic hydroxyl groups is 1. The van der Waals surface area contributed by atoms with E-state index >= 15 is 0 Å². The Bertz CT molecular complexity index is 821. The van der Waals surface area contributed by atoms with E-state index in [0.717, 1.165) is 11.1 Å². The second-order valence-corrected chi connectivity index (χ2v) is 5.97. The number of benzene rings is 2. The van der Waals surface area contributed by atoms with Gasteiger partial charge in [-0.3, -0.25) is 4.79 Å². The Hall–Kier alpha value is -2.73. The number of halogens is 1. The van der Waals surface area contributed by atoms with Crippen LogP contribution in [0.25, 0.3) is 0 Å². The van der Waals surface area contributed by atoms with Crippen molar-refractivity contribution in [2.24, 2.45) is 5.10 Å². The summed E-state index contributed by atoms with van der Waals surface area (Å²) in [5, 5.41) is 13.8. The fraction of sp³-hybridized carbons (Fsp3) is 0.263. The molecule has 0 saturated heterocycles. The molecule has 0 heterocycles. The molecule has 7 heteroatoms. The first-order chi connectivity index (χ1) is 12.4. The molecule has 2 aromatic rings. The number of carbonyl (C=O) groups is 1. The predicted molar refractivity (Wildman–Crippen MR) is 101 cm³/mol. The molecule has 0 aliphatic carbocycles. The molecule has 2 N–H and O–H groups in total. The summed E-state index contributed by atoms with van der Waals surface area (Å²) >= 11 is 5.94. The highest BCUT2D eigenvalue weighted by Gasteiger charge is 2.09. The van der Waals surface area contributed by atoms with Gasteiger partial charge in [0.2, 0.25) is 0 Å². The molecule has 0 bridgehead atoms. The van der Waals surface area contributed by atoms with Gasteiger partial charge in [-0.2, -0.15) is 5.10 Å². The van der Waals surface area contributed by atoms with Crippen LogP contribution in [-0.4, -0.2) is 30.4 Å². The highest BCUT2D eigenvalue weighted by atomic mass is 35.5. The Kier molecular flexibility index (Phi) is 6.86. The standard InChI is InChI=1S/C19H21ClN2O4/c1-4-25-17-9-14(8-15(20)19(17)24)10-21-22-18(23)11-26-16-7-5-6-12(2)13(16)3/h5-10,24H,4,11H2,1-3H3,(H,22,23)/b21-10+. The van der Waals surface area contributed by atoms with Gasteiger partial charge in [-0.1, -0.05) is 23.7 Å². The summed E-state index contributed by atoms with van der Waals surface area (Å²) in [6.07, 6.45) is 1.41. The smallest absolute Gasteiger partial charge is 0.277 e. The lowest BCUT2D eigenvalue weighted by molar-refractivity contribution is -0.123. The Balaban J connectivity index is 1.93. The summed E-state index contributed by atoms with van der Waals surface area (Å²) < 4.78 is 10.8. The van der Waals surface area contributed by atoms with Crippen molar-refractivity contribution < 1.29 is 19.4 Å². The van der Waals surface area contributed by atoms with Crippen molar-refractivity contribution in [1.29, 1.82) is 0 Å². The zero-order valence-corrected chi connectivity index (χ0v) is 15.6. The van der Waals surface area contributed by atoms with E-state index in [4.69, 9.17) is 21.1 Å². The fourth-order valence-corrected chi connectivity index (χ4v) is 2.39. The van der Waals surface area contributed by atoms with Gasteiger partial charge in [-0.05, 0) is 55.7 Å². The molecule has 0 radical (unpaired) electrons. The zero-order chi connectivity index (χ0) is 19.1. The van der Waals surface area contributed by atoms with Crippen LogP contribution in [0.1, 0.15) is 23.6 Å². The summed E-state index contributed by atoms with van der Waals surface area (Å²) in [7, 11) is 0. The number of carbonyl (C=O) groups excluding carboxylic acids is 1. The molecular formula is C19H21ClN2O4. The van der Waals surface area contributed by atoms with Gasteiger partial charge >= 0.3 is 0 Å². The van der Waals surface area contributed by atoms with E-state index in [1.807, 2.05) is 32.0 Å². The number of hydrogen-bond donors (Lipinski definition) is 2. The first-order valence-corrected chi connectivity index (χ1v) is 8.46. The van der Waals surface area contributed by atoms with E-state index in [2.05, 4.69) is 10.5 Å². The van der Waals surface area contributed by atoms with Crippen LogP contribution in [0.4, 0.5) is 0 Å². The maximum Gasteiger partial charge on any atom is 0.277 e. The lowest BCUT2D eigenvalue weighted by Gasteiger charge is -2.10. The summed E-state index contributed by atoms with van der Waals surface area (Å²) in [6, 6.07) is 8.76. The summed E-state index contributed by atoms with van der Waals surface area (Å²) in [6.45, 7) is 5.94. The van der Waals surface area contributed by atoms with Crippen LogP contribution in [0.3, 0.4) is 0 Å². The maximum atomic E-state index is 11.9. The van der Waals surface area contributed by atoms with Crippen molar-refractivity contribution in [3.63, 3.8) is 0 Å². The quantitative estimate of drug-likeness (QED) is 0.571. The lowest BCUT2D eigenvalue weighted by Crippen LogP contribution is -2.24. The molecule has 0 fully saturated rings. The van der Waals surface area contributed by atoms with Crippen LogP contribution < -0.4 is 14.9 Å². The topological polar surface area (TPSA) is 80.2 Å². The van der Waals surface area contributed by atoms with Crippen molar-refractivity contribution >= 4 is 23.7 Å². The number of phenols is 1. The maximum absolute atomic E-state index is 11.9. The van der Waals surface area contributed by atoms with Gasteiger partial charge in [0, 0.05) is 0 Å². The van der Waals surface area contributed by atoms with Gasteiger partial charge < -0.3 is 14.6 Å². The molecule has 0 aromatic heterocycles. The third-order valence-corrected chi connectivity index (χ3v) is 3.96. The summed E-state index contributed by atoms with van der Waals surface area (Å²) in [5.74, 6) is 0.399. The van der Waals surface area contributed by atoms with Gasteiger partial charge in [0.25, 0.3) is 5.91 Å². The molecule has 0 unspecified atom stereocenters. The molecule has 0 spiro atoms. The van der Waals surface area contributed by atoms with E-state index in [1.54, 1.807) is 13.0 Å². The zero-order valence-electron chi connectivity index (χ0n) is 14.9. The molecule has 2 aromatic carbocycles. The van der Waals surface area contributed by atoms with Crippen LogP contribution in [0.5, 0.6) is 17.2 Å². The van der Waals surface area contributed by atoms with Gasteiger partial charge in [-0.25, -0.2) is 5.43 Å². The predicted octanol–water partition coefficient (Wildman–Crippen LogP) is 3.59. The van der Waals surface area contributed by atoms with E-state index in [1.165, 1.54) is 12.3 Å². The molecule has 138 valence electrons. The second kappa shape index (κ2) is 9.10. The molecule has 0 atom stereocenters. The second-order valence-electron chi connectivity index (χ2n) is 5.56. The Morgan fingerprint density at radius 3 is 2.77 bits per heavy atom. The van der Waals surface area contributed by atoms with E-state index in [0.29, 0.717) is 17.9 Å². The number of nitrogens with one attached hydrogen (secondary N) is 1. The van der Waals surface area contributed by atoms with Crippen LogP contribution in [0.2, 0.25) is 5.02 Å². The minimum absolute atomic E-state index is 0.128. The van der Waals surface area contributed by atoms with E-state index in [9.17, 15) is 9.90 Å². The number of rotatable bonds is 7. The van der Waals surface area contributed by atoms with Gasteiger partial charge in [0.05, 0.1) is 17.8 Å². The average molecular weight is 377 g/mol. The number of nitrogens with zero attached hydrogens (tertiary/aromatic N) is 1. The first kappa shape index (κ1) is 19.6. The Morgan fingerprint density at radius 2 is 2.04 bits per heavy atom. The molecular weight excluding hydrogens is 356 g/mol. The molecule has 0 aliphatic rings. The van der Waals surface area contributed by atoms with Crippen LogP contribution in [0.15, 0.2) is 35.4 Å². The average Bonchev–Trinajstić information content (AvgIpc) is 2.60. The molecule has 6 nitrogen and oxygen atoms in total. The van der Waals surface area contributed by atoms with Crippen LogP contribution >= 0.6 is 11.6 Å². The monoisotopic (exact) mass is 376 g/mol. The van der Waals surface area contributed by atoms with Crippen molar-refractivity contribution in [2.45, 2.75) is 20.8 Å². The van der Waals surface area contributed by atoms with Crippen molar-refractivity contribution in [2.75, 3.05) is 13.2 Å². The first-order valence-electron chi connectivity index (χ1n) is 8.08. The number of amides is 1. The molecule has 0 aliphatic heterocycles. The number of aryl methyl sites for hydroxylation is 1. The molecule has 0 saturated carbocycles. The summed E-state index contributed by atoms with van der Waals surface area (Å²) in [4.78, 5) is 11.9. The van der Waals surface area contributed by atoms with Crippen molar-refractivity contribution in [1.82, 2.24) is 5.43 Å². The van der Waals surface area contributed by atoms with Crippen molar-refractivity contribution in [3.8, 4) is 17.2 Å². The molecule has 26 heavy (non-hydrogen) atoms. The number of ether oxygens (including phenoxy) is 2. The van der Waals surface area contributed by atoms with Gasteiger partial charge in [0.1, 0.15) is 5.75 Å². The van der Waals surface area contributed by atoms with Crippen LogP contribution in [-0.2, 0) is 4.79 Å².